The van der Waals surface area contributed by atoms with E-state index >= 15 is 0 Å². The lowest BCUT2D eigenvalue weighted by Crippen LogP contribution is -1.85. The highest BCUT2D eigenvalue weighted by atomic mass is 16.4. The van der Waals surface area contributed by atoms with Crippen LogP contribution in [0.15, 0.2) is 0 Å². The number of rotatable bonds is 18. The van der Waals surface area contributed by atoms with Crippen molar-refractivity contribution < 1.29 is 15.0 Å². The molecule has 0 radical (unpaired) electrons. The Bertz CT molecular complexity index is 219. The van der Waals surface area contributed by atoms with Crippen LogP contribution < -0.4 is 0 Å². The van der Waals surface area contributed by atoms with E-state index in [0.717, 1.165) is 13.3 Å². The first-order valence-corrected chi connectivity index (χ1v) is 11.0. The number of aliphatic carboxylic acids is 1. The minimum Gasteiger partial charge on any atom is -0.481 e. The van der Waals surface area contributed by atoms with Crippen molar-refractivity contribution in [3.8, 4) is 0 Å². The first-order valence-electron chi connectivity index (χ1n) is 11.0. The van der Waals surface area contributed by atoms with E-state index in [-0.39, 0.29) is 0 Å². The van der Waals surface area contributed by atoms with Gasteiger partial charge in [-0.2, -0.15) is 0 Å². The number of aliphatic hydroxyl groups excluding tert-OH is 1. The van der Waals surface area contributed by atoms with E-state index in [1.165, 1.54) is 109 Å². The molecule has 0 aromatic heterocycles. The fourth-order valence-corrected chi connectivity index (χ4v) is 3.01. The minimum absolute atomic E-state index is 0.374. The molecule has 0 aromatic rings. The van der Waals surface area contributed by atoms with E-state index in [2.05, 4.69) is 6.92 Å². The highest BCUT2D eigenvalue weighted by molar-refractivity contribution is 5.62. The molecule has 2 N–H and O–H groups in total. The number of carbonyl (C=O) groups is 1. The summed E-state index contributed by atoms with van der Waals surface area (Å²) >= 11 is 0. The second-order valence-corrected chi connectivity index (χ2v) is 7.25. The first-order chi connectivity index (χ1) is 12.1. The standard InChI is InChI=1S/C20H42O.C2H4O2/c1-2-3-4-5-6-7-8-9-10-11-12-13-14-15-16-17-18-19-20-21;1-2(3)4/h21H,2-20H2,1H3;1H3,(H,3,4). The fourth-order valence-electron chi connectivity index (χ4n) is 3.01. The van der Waals surface area contributed by atoms with Crippen molar-refractivity contribution in [3.63, 3.8) is 0 Å². The first kappa shape index (κ1) is 26.7. The molecule has 0 amide bonds. The van der Waals surface area contributed by atoms with Gasteiger partial charge in [-0.3, -0.25) is 4.79 Å². The third-order valence-corrected chi connectivity index (χ3v) is 4.51. The second kappa shape index (κ2) is 25.7. The van der Waals surface area contributed by atoms with Crippen molar-refractivity contribution in [2.45, 2.75) is 129 Å². The van der Waals surface area contributed by atoms with Crippen molar-refractivity contribution in [3.05, 3.63) is 0 Å². The van der Waals surface area contributed by atoms with Crippen LogP contribution in [0.1, 0.15) is 129 Å². The van der Waals surface area contributed by atoms with E-state index in [1.54, 1.807) is 0 Å². The summed E-state index contributed by atoms with van der Waals surface area (Å²) in [4.78, 5) is 9.00. The van der Waals surface area contributed by atoms with Crippen molar-refractivity contribution >= 4 is 5.97 Å². The van der Waals surface area contributed by atoms with Crippen molar-refractivity contribution in [2.75, 3.05) is 6.61 Å². The zero-order valence-corrected chi connectivity index (χ0v) is 17.2. The Kier molecular flexibility index (Phi) is 27.4. The Morgan fingerprint density at radius 3 is 0.960 bits per heavy atom. The number of carboxylic acid groups (broad SMARTS) is 1. The van der Waals surface area contributed by atoms with Crippen LogP contribution in [0.4, 0.5) is 0 Å². The largest absolute Gasteiger partial charge is 0.481 e. The predicted octanol–water partition coefficient (Wildman–Crippen LogP) is 7.11. The zero-order chi connectivity index (χ0) is 19.0. The van der Waals surface area contributed by atoms with Crippen LogP contribution in [0.5, 0.6) is 0 Å². The predicted molar refractivity (Wildman–Crippen MR) is 109 cm³/mol. The SMILES string of the molecule is CC(=O)O.CCCCCCCCCCCCCCCCCCCCO. The summed E-state index contributed by atoms with van der Waals surface area (Å²) in [5.41, 5.74) is 0. The monoisotopic (exact) mass is 358 g/mol. The van der Waals surface area contributed by atoms with Crippen LogP contribution in [0.25, 0.3) is 0 Å². The molecule has 0 saturated heterocycles. The zero-order valence-electron chi connectivity index (χ0n) is 17.2. The highest BCUT2D eigenvalue weighted by Gasteiger charge is 1.94. The maximum atomic E-state index is 9.00. The quantitative estimate of drug-likeness (QED) is 0.257. The maximum Gasteiger partial charge on any atom is 0.300 e. The van der Waals surface area contributed by atoms with Gasteiger partial charge in [-0.05, 0) is 6.42 Å². The number of unbranched alkanes of at least 4 members (excludes halogenated alkanes) is 17. The molecule has 0 saturated carbocycles. The third kappa shape index (κ3) is 35.4. The van der Waals surface area contributed by atoms with Gasteiger partial charge in [-0.25, -0.2) is 0 Å². The van der Waals surface area contributed by atoms with E-state index in [0.29, 0.717) is 6.61 Å². The lowest BCUT2D eigenvalue weighted by Gasteiger charge is -2.03. The molecule has 0 heterocycles. The Hall–Kier alpha value is -0.570. The van der Waals surface area contributed by atoms with Gasteiger partial charge in [-0.15, -0.1) is 0 Å². The number of hydrogen-bond donors (Lipinski definition) is 2. The summed E-state index contributed by atoms with van der Waals surface area (Å²) in [6.45, 7) is 3.75. The van der Waals surface area contributed by atoms with E-state index < -0.39 is 5.97 Å². The molecule has 25 heavy (non-hydrogen) atoms. The van der Waals surface area contributed by atoms with Crippen LogP contribution in [0.2, 0.25) is 0 Å². The van der Waals surface area contributed by atoms with Crippen LogP contribution in [0.3, 0.4) is 0 Å². The smallest absolute Gasteiger partial charge is 0.300 e. The molecule has 0 spiro atoms. The molecular weight excluding hydrogens is 312 g/mol. The van der Waals surface area contributed by atoms with Gasteiger partial charge in [0.25, 0.3) is 5.97 Å². The van der Waals surface area contributed by atoms with Crippen molar-refractivity contribution in [1.82, 2.24) is 0 Å². The van der Waals surface area contributed by atoms with Gasteiger partial charge in [-0.1, -0.05) is 116 Å². The Morgan fingerprint density at radius 2 is 0.760 bits per heavy atom. The summed E-state index contributed by atoms with van der Waals surface area (Å²) in [6.07, 6.45) is 25.1. The van der Waals surface area contributed by atoms with Crippen LogP contribution in [-0.2, 0) is 4.79 Å². The molecule has 0 rings (SSSR count). The summed E-state index contributed by atoms with van der Waals surface area (Å²) in [6, 6.07) is 0. The Balaban J connectivity index is 0. The molecule has 0 aliphatic rings. The summed E-state index contributed by atoms with van der Waals surface area (Å²) in [5, 5.41) is 16.1. The molecule has 3 heteroatoms. The molecule has 0 aromatic carbocycles. The molecule has 152 valence electrons. The molecule has 3 nitrogen and oxygen atoms in total. The number of hydrogen-bond acceptors (Lipinski definition) is 2. The number of aliphatic hydroxyl groups is 1. The second-order valence-electron chi connectivity index (χ2n) is 7.25. The summed E-state index contributed by atoms with van der Waals surface area (Å²) in [7, 11) is 0. The minimum atomic E-state index is -0.833. The summed E-state index contributed by atoms with van der Waals surface area (Å²) in [5.74, 6) is -0.833. The van der Waals surface area contributed by atoms with Gasteiger partial charge in [0.1, 0.15) is 0 Å². The third-order valence-electron chi connectivity index (χ3n) is 4.51. The summed E-state index contributed by atoms with van der Waals surface area (Å²) < 4.78 is 0. The molecule has 0 aliphatic heterocycles. The molecule has 0 fully saturated rings. The molecule has 0 unspecified atom stereocenters. The lowest BCUT2D eigenvalue weighted by atomic mass is 10.0. The van der Waals surface area contributed by atoms with Gasteiger partial charge < -0.3 is 10.2 Å². The highest BCUT2D eigenvalue weighted by Crippen LogP contribution is 2.14. The molecule has 0 aliphatic carbocycles. The van der Waals surface area contributed by atoms with Crippen molar-refractivity contribution in [2.24, 2.45) is 0 Å². The average molecular weight is 359 g/mol. The van der Waals surface area contributed by atoms with Gasteiger partial charge in [0.05, 0.1) is 0 Å². The maximum absolute atomic E-state index is 9.00. The topological polar surface area (TPSA) is 57.5 Å². The van der Waals surface area contributed by atoms with Crippen molar-refractivity contribution in [1.29, 1.82) is 0 Å². The number of carboxylic acids is 1. The Labute approximate surface area is 157 Å². The fraction of sp³-hybridized carbons (Fsp3) is 0.955. The van der Waals surface area contributed by atoms with E-state index in [1.807, 2.05) is 0 Å². The van der Waals surface area contributed by atoms with Crippen LogP contribution in [0, 0.1) is 0 Å². The normalized spacial score (nSPS) is 10.4. The van der Waals surface area contributed by atoms with Crippen LogP contribution in [-0.4, -0.2) is 22.8 Å². The van der Waals surface area contributed by atoms with Crippen LogP contribution >= 0.6 is 0 Å². The van der Waals surface area contributed by atoms with Gasteiger partial charge in [0, 0.05) is 13.5 Å². The molecular formula is C22H46O3. The average Bonchev–Trinajstić information content (AvgIpc) is 2.57. The molecule has 0 bridgehead atoms. The van der Waals surface area contributed by atoms with Gasteiger partial charge in [0.15, 0.2) is 0 Å². The molecule has 0 atom stereocenters. The Morgan fingerprint density at radius 1 is 0.560 bits per heavy atom. The van der Waals surface area contributed by atoms with Gasteiger partial charge >= 0.3 is 0 Å². The van der Waals surface area contributed by atoms with E-state index in [4.69, 9.17) is 15.0 Å². The van der Waals surface area contributed by atoms with Gasteiger partial charge in [0.2, 0.25) is 0 Å². The van der Waals surface area contributed by atoms with E-state index in [9.17, 15) is 0 Å². The lowest BCUT2D eigenvalue weighted by molar-refractivity contribution is -0.134.